The molecule has 0 aromatic heterocycles. The van der Waals surface area contributed by atoms with E-state index in [1.807, 2.05) is 6.07 Å². The molecule has 0 radical (unpaired) electrons. The topological polar surface area (TPSA) is 23.8 Å². The first kappa shape index (κ1) is 11.9. The fourth-order valence-electron chi connectivity index (χ4n) is 1.22. The number of nitriles is 1. The third-order valence-corrected chi connectivity index (χ3v) is 2.12. The molecule has 80 valence electrons. The summed E-state index contributed by atoms with van der Waals surface area (Å²) in [5.74, 6) is 0. The monoisotopic (exact) mass is 233 g/mol. The summed E-state index contributed by atoms with van der Waals surface area (Å²) < 4.78 is 37.5. The fraction of sp³-hybridized carbons (Fsp3) is 0.300. The Balaban J connectivity index is 3.10. The summed E-state index contributed by atoms with van der Waals surface area (Å²) in [6.45, 7) is 0. The Labute approximate surface area is 90.1 Å². The summed E-state index contributed by atoms with van der Waals surface area (Å²) in [5.41, 5.74) is -0.654. The first-order chi connectivity index (χ1) is 6.95. The molecule has 0 unspecified atom stereocenters. The highest BCUT2D eigenvalue weighted by Gasteiger charge is 2.33. The average Bonchev–Trinajstić information content (AvgIpc) is 2.14. The van der Waals surface area contributed by atoms with Crippen LogP contribution in [0.3, 0.4) is 0 Å². The number of hydrogen-bond acceptors (Lipinski definition) is 1. The molecule has 0 heterocycles. The lowest BCUT2D eigenvalue weighted by molar-refractivity contribution is -0.138. The van der Waals surface area contributed by atoms with E-state index in [2.05, 4.69) is 0 Å². The maximum atomic E-state index is 12.5. The van der Waals surface area contributed by atoms with Gasteiger partial charge in [-0.1, -0.05) is 17.7 Å². The summed E-state index contributed by atoms with van der Waals surface area (Å²) in [4.78, 5) is 0. The maximum Gasteiger partial charge on any atom is 0.416 e. The second-order valence-corrected chi connectivity index (χ2v) is 3.39. The van der Waals surface area contributed by atoms with Crippen LogP contribution in [0.5, 0.6) is 0 Å². The van der Waals surface area contributed by atoms with E-state index in [4.69, 9.17) is 16.9 Å². The average molecular weight is 234 g/mol. The summed E-state index contributed by atoms with van der Waals surface area (Å²) in [6, 6.07) is 5.39. The molecule has 0 spiro atoms. The highest BCUT2D eigenvalue weighted by Crippen LogP contribution is 2.34. The van der Waals surface area contributed by atoms with Crippen LogP contribution in [0.1, 0.15) is 17.5 Å². The molecule has 0 amide bonds. The number of hydrogen-bond donors (Lipinski definition) is 0. The van der Waals surface area contributed by atoms with Crippen LogP contribution >= 0.6 is 11.6 Å². The molecule has 0 aliphatic rings. The predicted molar refractivity (Wildman–Crippen MR) is 50.4 cm³/mol. The van der Waals surface area contributed by atoms with Crippen LogP contribution in [0.4, 0.5) is 13.2 Å². The summed E-state index contributed by atoms with van der Waals surface area (Å²) in [5, 5.41) is 8.36. The Bertz CT molecular complexity index is 393. The Morgan fingerprint density at radius 2 is 2.00 bits per heavy atom. The molecule has 0 fully saturated rings. The molecule has 1 aromatic carbocycles. The van der Waals surface area contributed by atoms with Gasteiger partial charge < -0.3 is 0 Å². The van der Waals surface area contributed by atoms with Crippen molar-refractivity contribution in [1.82, 2.24) is 0 Å². The lowest BCUT2D eigenvalue weighted by atomic mass is 10.0. The van der Waals surface area contributed by atoms with Crippen LogP contribution in [-0.2, 0) is 12.6 Å². The van der Waals surface area contributed by atoms with Crippen molar-refractivity contribution in [3.8, 4) is 6.07 Å². The van der Waals surface area contributed by atoms with E-state index < -0.39 is 11.7 Å². The molecular weight excluding hydrogens is 227 g/mol. The maximum absolute atomic E-state index is 12.5. The van der Waals surface area contributed by atoms with Crippen molar-refractivity contribution in [3.05, 3.63) is 34.3 Å². The van der Waals surface area contributed by atoms with Gasteiger partial charge in [-0.05, 0) is 24.1 Å². The Morgan fingerprint density at radius 3 is 2.53 bits per heavy atom. The lowest BCUT2D eigenvalue weighted by Gasteiger charge is -2.11. The van der Waals surface area contributed by atoms with E-state index >= 15 is 0 Å². The molecule has 1 aromatic rings. The normalized spacial score (nSPS) is 11.1. The molecule has 1 rings (SSSR count). The van der Waals surface area contributed by atoms with Gasteiger partial charge in [0.2, 0.25) is 0 Å². The highest BCUT2D eigenvalue weighted by molar-refractivity contribution is 6.30. The van der Waals surface area contributed by atoms with Crippen LogP contribution in [0.25, 0.3) is 0 Å². The van der Waals surface area contributed by atoms with Crippen LogP contribution in [-0.4, -0.2) is 0 Å². The Kier molecular flexibility index (Phi) is 3.59. The zero-order chi connectivity index (χ0) is 11.5. The van der Waals surface area contributed by atoms with Gasteiger partial charge in [-0.3, -0.25) is 0 Å². The zero-order valence-corrected chi connectivity index (χ0v) is 8.36. The molecule has 0 aliphatic heterocycles. The minimum atomic E-state index is -4.42. The van der Waals surface area contributed by atoms with Crippen LogP contribution < -0.4 is 0 Å². The first-order valence-corrected chi connectivity index (χ1v) is 4.55. The minimum Gasteiger partial charge on any atom is -0.198 e. The van der Waals surface area contributed by atoms with Crippen molar-refractivity contribution >= 4 is 11.6 Å². The summed E-state index contributed by atoms with van der Waals surface area (Å²) in [7, 11) is 0. The highest BCUT2D eigenvalue weighted by atomic mass is 35.5. The van der Waals surface area contributed by atoms with E-state index in [1.165, 1.54) is 12.1 Å². The molecule has 0 bridgehead atoms. The third-order valence-electron chi connectivity index (χ3n) is 1.88. The molecule has 0 saturated carbocycles. The second kappa shape index (κ2) is 4.54. The van der Waals surface area contributed by atoms with Crippen LogP contribution in [0.15, 0.2) is 18.2 Å². The number of halogens is 4. The smallest absolute Gasteiger partial charge is 0.198 e. The van der Waals surface area contributed by atoms with E-state index in [9.17, 15) is 13.2 Å². The quantitative estimate of drug-likeness (QED) is 0.762. The van der Waals surface area contributed by atoms with E-state index in [0.717, 1.165) is 6.07 Å². The van der Waals surface area contributed by atoms with Gasteiger partial charge in [-0.2, -0.15) is 18.4 Å². The molecule has 0 N–H and O–H groups in total. The van der Waals surface area contributed by atoms with Crippen molar-refractivity contribution in [2.75, 3.05) is 0 Å². The van der Waals surface area contributed by atoms with Crippen LogP contribution in [0, 0.1) is 11.3 Å². The zero-order valence-electron chi connectivity index (χ0n) is 7.61. The van der Waals surface area contributed by atoms with Crippen molar-refractivity contribution in [2.24, 2.45) is 0 Å². The Morgan fingerprint density at radius 1 is 1.33 bits per heavy atom. The first-order valence-electron chi connectivity index (χ1n) is 4.17. The van der Waals surface area contributed by atoms with Gasteiger partial charge in [0.15, 0.2) is 0 Å². The SMILES string of the molecule is N#CCCc1ccc(Cl)cc1C(F)(F)F. The van der Waals surface area contributed by atoms with Gasteiger partial charge in [0.1, 0.15) is 0 Å². The second-order valence-electron chi connectivity index (χ2n) is 2.96. The summed E-state index contributed by atoms with van der Waals surface area (Å²) >= 11 is 5.49. The van der Waals surface area contributed by atoms with Crippen molar-refractivity contribution in [2.45, 2.75) is 19.0 Å². The van der Waals surface area contributed by atoms with Gasteiger partial charge in [0, 0.05) is 11.4 Å². The number of aryl methyl sites for hydroxylation is 1. The molecule has 15 heavy (non-hydrogen) atoms. The molecule has 5 heteroatoms. The van der Waals surface area contributed by atoms with Crippen LogP contribution in [0.2, 0.25) is 5.02 Å². The number of nitrogens with zero attached hydrogens (tertiary/aromatic N) is 1. The third kappa shape index (κ3) is 3.14. The van der Waals surface area contributed by atoms with Gasteiger partial charge >= 0.3 is 6.18 Å². The van der Waals surface area contributed by atoms with Crippen molar-refractivity contribution in [1.29, 1.82) is 5.26 Å². The van der Waals surface area contributed by atoms with Gasteiger partial charge in [-0.15, -0.1) is 0 Å². The summed E-state index contributed by atoms with van der Waals surface area (Å²) in [6.07, 6.45) is -4.27. The van der Waals surface area contributed by atoms with E-state index in [0.29, 0.717) is 0 Å². The predicted octanol–water partition coefficient (Wildman–Crippen LogP) is 3.81. The standard InChI is InChI=1S/C10H7ClF3N/c11-8-4-3-7(2-1-5-15)9(6-8)10(12,13)14/h3-4,6H,1-2H2. The largest absolute Gasteiger partial charge is 0.416 e. The van der Waals surface area contributed by atoms with E-state index in [-0.39, 0.29) is 23.4 Å². The number of alkyl halides is 3. The molecule has 1 nitrogen and oxygen atoms in total. The molecular formula is C10H7ClF3N. The lowest BCUT2D eigenvalue weighted by Crippen LogP contribution is -2.09. The van der Waals surface area contributed by atoms with E-state index in [1.54, 1.807) is 0 Å². The van der Waals surface area contributed by atoms with Gasteiger partial charge in [0.25, 0.3) is 0 Å². The fourth-order valence-corrected chi connectivity index (χ4v) is 1.39. The molecule has 0 atom stereocenters. The van der Waals surface area contributed by atoms with Gasteiger partial charge in [0.05, 0.1) is 11.6 Å². The number of benzene rings is 1. The van der Waals surface area contributed by atoms with Gasteiger partial charge in [-0.25, -0.2) is 0 Å². The number of rotatable bonds is 2. The molecule has 0 aliphatic carbocycles. The minimum absolute atomic E-state index is 0.0445. The Hall–Kier alpha value is -1.21. The molecule has 0 saturated heterocycles. The van der Waals surface area contributed by atoms with Crippen molar-refractivity contribution < 1.29 is 13.2 Å². The van der Waals surface area contributed by atoms with Crippen molar-refractivity contribution in [3.63, 3.8) is 0 Å².